The fourth-order valence-electron chi connectivity index (χ4n) is 4.09. The monoisotopic (exact) mass is 387 g/mol. The normalized spacial score (nSPS) is 18.3. The molecular weight excluding hydrogens is 365 g/mol. The quantitative estimate of drug-likeness (QED) is 0.682. The predicted molar refractivity (Wildman–Crippen MR) is 104 cm³/mol. The van der Waals surface area contributed by atoms with Crippen molar-refractivity contribution in [3.05, 3.63) is 64.4 Å². The summed E-state index contributed by atoms with van der Waals surface area (Å²) < 4.78 is 19.2. The SMILES string of the molecule is O=C(CCCN1CCC2(CC1)Cc1ccc(Cl)cc1O2)c1ccc(F)cc1. The van der Waals surface area contributed by atoms with Gasteiger partial charge in [-0.05, 0) is 54.9 Å². The minimum Gasteiger partial charge on any atom is -0.486 e. The van der Waals surface area contributed by atoms with E-state index in [1.165, 1.54) is 17.7 Å². The third kappa shape index (κ3) is 4.17. The molecule has 0 unspecified atom stereocenters. The lowest BCUT2D eigenvalue weighted by molar-refractivity contribution is 0.0190. The van der Waals surface area contributed by atoms with E-state index >= 15 is 0 Å². The molecule has 2 aromatic carbocycles. The van der Waals surface area contributed by atoms with Gasteiger partial charge in [0.15, 0.2) is 5.78 Å². The van der Waals surface area contributed by atoms with E-state index in [1.54, 1.807) is 12.1 Å². The molecule has 1 fully saturated rings. The average Bonchev–Trinajstić information content (AvgIpc) is 3.01. The van der Waals surface area contributed by atoms with Crippen LogP contribution in [0.2, 0.25) is 5.02 Å². The predicted octanol–water partition coefficient (Wildman–Crippen LogP) is 4.91. The topological polar surface area (TPSA) is 29.5 Å². The molecule has 0 aromatic heterocycles. The van der Waals surface area contributed by atoms with Crippen molar-refractivity contribution in [1.82, 2.24) is 4.90 Å². The fraction of sp³-hybridized carbons (Fsp3) is 0.409. The average molecular weight is 388 g/mol. The zero-order valence-electron chi connectivity index (χ0n) is 15.2. The van der Waals surface area contributed by atoms with Gasteiger partial charge < -0.3 is 9.64 Å². The summed E-state index contributed by atoms with van der Waals surface area (Å²) in [6.07, 6.45) is 4.25. The van der Waals surface area contributed by atoms with E-state index in [0.29, 0.717) is 17.0 Å². The van der Waals surface area contributed by atoms with Crippen molar-refractivity contribution < 1.29 is 13.9 Å². The van der Waals surface area contributed by atoms with Gasteiger partial charge in [0, 0.05) is 49.4 Å². The summed E-state index contributed by atoms with van der Waals surface area (Å²) in [6.45, 7) is 2.86. The standard InChI is InChI=1S/C22H23ClFNO2/c23-18-6-3-17-15-22(27-21(17)14-18)9-12-25(13-10-22)11-1-2-20(26)16-4-7-19(24)8-5-16/h3-8,14H,1-2,9-13,15H2. The summed E-state index contributed by atoms with van der Waals surface area (Å²) in [5.74, 6) is 0.697. The largest absolute Gasteiger partial charge is 0.486 e. The molecule has 0 saturated carbocycles. The zero-order valence-corrected chi connectivity index (χ0v) is 16.0. The van der Waals surface area contributed by atoms with Gasteiger partial charge in [-0.25, -0.2) is 4.39 Å². The van der Waals surface area contributed by atoms with Crippen molar-refractivity contribution in [3.63, 3.8) is 0 Å². The Morgan fingerprint density at radius 2 is 1.89 bits per heavy atom. The number of hydrogen-bond donors (Lipinski definition) is 0. The molecule has 1 spiro atoms. The van der Waals surface area contributed by atoms with E-state index in [1.807, 2.05) is 12.1 Å². The summed E-state index contributed by atoms with van der Waals surface area (Å²) >= 11 is 6.07. The summed E-state index contributed by atoms with van der Waals surface area (Å²) in [6, 6.07) is 11.7. The Bertz CT molecular complexity index is 829. The second-order valence-corrected chi connectivity index (χ2v) is 8.03. The Kier molecular flexibility index (Phi) is 5.20. The molecule has 4 rings (SSSR count). The lowest BCUT2D eigenvalue weighted by atomic mass is 9.87. The van der Waals surface area contributed by atoms with Gasteiger partial charge in [0.2, 0.25) is 0 Å². The maximum absolute atomic E-state index is 12.9. The van der Waals surface area contributed by atoms with Crippen LogP contribution in [0.3, 0.4) is 0 Å². The molecule has 3 nitrogen and oxygen atoms in total. The smallest absolute Gasteiger partial charge is 0.162 e. The molecule has 27 heavy (non-hydrogen) atoms. The molecule has 2 aliphatic heterocycles. The Hall–Kier alpha value is -1.91. The number of halogens is 2. The summed E-state index contributed by atoms with van der Waals surface area (Å²) in [7, 11) is 0. The molecule has 0 aliphatic carbocycles. The number of rotatable bonds is 5. The molecular formula is C22H23ClFNO2. The van der Waals surface area contributed by atoms with Gasteiger partial charge in [-0.15, -0.1) is 0 Å². The molecule has 0 amide bonds. The van der Waals surface area contributed by atoms with Crippen LogP contribution in [0.1, 0.15) is 41.6 Å². The van der Waals surface area contributed by atoms with Crippen molar-refractivity contribution >= 4 is 17.4 Å². The number of carbonyl (C=O) groups is 1. The van der Waals surface area contributed by atoms with Crippen LogP contribution < -0.4 is 4.74 Å². The van der Waals surface area contributed by atoms with Crippen LogP contribution in [0.5, 0.6) is 5.75 Å². The van der Waals surface area contributed by atoms with E-state index < -0.39 is 0 Å². The Morgan fingerprint density at radius 3 is 2.63 bits per heavy atom. The van der Waals surface area contributed by atoms with E-state index in [9.17, 15) is 9.18 Å². The Labute approximate surface area is 164 Å². The van der Waals surface area contributed by atoms with Crippen LogP contribution in [0, 0.1) is 5.82 Å². The van der Waals surface area contributed by atoms with E-state index in [0.717, 1.165) is 51.1 Å². The third-order valence-electron chi connectivity index (χ3n) is 5.68. The number of likely N-dealkylation sites (tertiary alicyclic amines) is 1. The maximum Gasteiger partial charge on any atom is 0.162 e. The highest BCUT2D eigenvalue weighted by Crippen LogP contribution is 2.42. The van der Waals surface area contributed by atoms with Gasteiger partial charge in [0.1, 0.15) is 17.2 Å². The molecule has 2 aliphatic rings. The first-order valence-electron chi connectivity index (χ1n) is 9.52. The summed E-state index contributed by atoms with van der Waals surface area (Å²) in [5, 5.41) is 0.717. The number of Topliss-reactive ketones (excluding diaryl/α,β-unsaturated/α-hetero) is 1. The van der Waals surface area contributed by atoms with E-state index in [-0.39, 0.29) is 17.2 Å². The van der Waals surface area contributed by atoms with Gasteiger partial charge in [0.25, 0.3) is 0 Å². The van der Waals surface area contributed by atoms with Crippen LogP contribution in [0.4, 0.5) is 4.39 Å². The molecule has 5 heteroatoms. The molecule has 0 atom stereocenters. The van der Waals surface area contributed by atoms with Gasteiger partial charge >= 0.3 is 0 Å². The van der Waals surface area contributed by atoms with E-state index in [2.05, 4.69) is 11.0 Å². The number of piperidine rings is 1. The van der Waals surface area contributed by atoms with Crippen LogP contribution in [-0.2, 0) is 6.42 Å². The van der Waals surface area contributed by atoms with Crippen LogP contribution in [0.15, 0.2) is 42.5 Å². The van der Waals surface area contributed by atoms with Crippen LogP contribution in [-0.4, -0.2) is 35.9 Å². The van der Waals surface area contributed by atoms with Crippen molar-refractivity contribution in [3.8, 4) is 5.75 Å². The first-order valence-corrected chi connectivity index (χ1v) is 9.89. The summed E-state index contributed by atoms with van der Waals surface area (Å²) in [5.41, 5.74) is 1.75. The number of fused-ring (bicyclic) bond motifs is 1. The molecule has 0 radical (unpaired) electrons. The number of nitrogens with zero attached hydrogens (tertiary/aromatic N) is 1. The van der Waals surface area contributed by atoms with Crippen molar-refractivity contribution in [2.75, 3.05) is 19.6 Å². The maximum atomic E-state index is 12.9. The minimum atomic E-state index is -0.313. The third-order valence-corrected chi connectivity index (χ3v) is 5.92. The highest BCUT2D eigenvalue weighted by molar-refractivity contribution is 6.30. The van der Waals surface area contributed by atoms with Crippen LogP contribution in [0.25, 0.3) is 0 Å². The van der Waals surface area contributed by atoms with Crippen molar-refractivity contribution in [1.29, 1.82) is 0 Å². The molecule has 2 aromatic rings. The second kappa shape index (κ2) is 7.61. The molecule has 0 N–H and O–H groups in total. The molecule has 0 bridgehead atoms. The number of benzene rings is 2. The molecule has 2 heterocycles. The molecule has 1 saturated heterocycles. The number of ketones is 1. The molecule has 142 valence electrons. The lowest BCUT2D eigenvalue weighted by Gasteiger charge is -2.38. The first kappa shape index (κ1) is 18.5. The fourth-order valence-corrected chi connectivity index (χ4v) is 4.25. The number of ether oxygens (including phenoxy) is 1. The van der Waals surface area contributed by atoms with Gasteiger partial charge in [-0.2, -0.15) is 0 Å². The highest BCUT2D eigenvalue weighted by Gasteiger charge is 2.41. The van der Waals surface area contributed by atoms with Gasteiger partial charge in [-0.3, -0.25) is 4.79 Å². The zero-order chi connectivity index (χ0) is 18.9. The Balaban J connectivity index is 1.23. The number of carbonyl (C=O) groups excluding carboxylic acids is 1. The van der Waals surface area contributed by atoms with Crippen LogP contribution >= 0.6 is 11.6 Å². The first-order chi connectivity index (χ1) is 13.0. The second-order valence-electron chi connectivity index (χ2n) is 7.59. The lowest BCUT2D eigenvalue weighted by Crippen LogP contribution is -2.47. The summed E-state index contributed by atoms with van der Waals surface area (Å²) in [4.78, 5) is 14.6. The highest BCUT2D eigenvalue weighted by atomic mass is 35.5. The minimum absolute atomic E-state index is 0.0786. The number of hydrogen-bond acceptors (Lipinski definition) is 3. The Morgan fingerprint density at radius 1 is 1.15 bits per heavy atom. The van der Waals surface area contributed by atoms with Gasteiger partial charge in [0.05, 0.1) is 0 Å². The van der Waals surface area contributed by atoms with Crippen molar-refractivity contribution in [2.45, 2.75) is 37.7 Å². The van der Waals surface area contributed by atoms with Gasteiger partial charge in [-0.1, -0.05) is 17.7 Å². The van der Waals surface area contributed by atoms with Crippen molar-refractivity contribution in [2.24, 2.45) is 0 Å². The van der Waals surface area contributed by atoms with E-state index in [4.69, 9.17) is 16.3 Å².